The molecular formula is C19H19N3OS2. The smallest absolute Gasteiger partial charge is 0.233 e. The van der Waals surface area contributed by atoms with E-state index < -0.39 is 0 Å². The van der Waals surface area contributed by atoms with Crippen molar-refractivity contribution in [2.24, 2.45) is 0 Å². The normalized spacial score (nSPS) is 16.0. The molecule has 25 heavy (non-hydrogen) atoms. The standard InChI is InChI=1S/C19H19N3OS2/c20-10-15-9-13-3-1-2-4-16(13)21-19(15)25-12-18(23)22-7-5-17-14(11-22)6-8-24-17/h6,8-9H,1-5,7,11-12H2. The van der Waals surface area contributed by atoms with Crippen LogP contribution in [-0.4, -0.2) is 28.1 Å². The lowest BCUT2D eigenvalue weighted by atomic mass is 9.95. The highest BCUT2D eigenvalue weighted by Gasteiger charge is 2.22. The highest BCUT2D eigenvalue weighted by atomic mass is 32.2. The van der Waals surface area contributed by atoms with Gasteiger partial charge >= 0.3 is 0 Å². The Kier molecular flexibility index (Phi) is 4.78. The molecule has 1 amide bonds. The second-order valence-corrected chi connectivity index (χ2v) is 8.45. The van der Waals surface area contributed by atoms with Gasteiger partial charge in [-0.1, -0.05) is 11.8 Å². The Morgan fingerprint density at radius 2 is 2.20 bits per heavy atom. The van der Waals surface area contributed by atoms with E-state index in [-0.39, 0.29) is 5.91 Å². The molecule has 1 aliphatic heterocycles. The van der Waals surface area contributed by atoms with Crippen molar-refractivity contribution in [3.8, 4) is 6.07 Å². The quantitative estimate of drug-likeness (QED) is 0.776. The fraction of sp³-hybridized carbons (Fsp3) is 0.421. The predicted molar refractivity (Wildman–Crippen MR) is 99.8 cm³/mol. The van der Waals surface area contributed by atoms with Crippen LogP contribution in [0.1, 0.15) is 40.1 Å². The average Bonchev–Trinajstić information content (AvgIpc) is 3.13. The zero-order valence-corrected chi connectivity index (χ0v) is 15.6. The first-order valence-electron chi connectivity index (χ1n) is 8.63. The van der Waals surface area contributed by atoms with Gasteiger partial charge in [0.1, 0.15) is 11.1 Å². The van der Waals surface area contributed by atoms with Crippen LogP contribution in [0.3, 0.4) is 0 Å². The number of hydrogen-bond acceptors (Lipinski definition) is 5. The maximum atomic E-state index is 12.6. The number of pyridine rings is 1. The van der Waals surface area contributed by atoms with Crippen molar-refractivity contribution in [1.29, 1.82) is 5.26 Å². The zero-order chi connectivity index (χ0) is 17.2. The monoisotopic (exact) mass is 369 g/mol. The molecule has 0 saturated heterocycles. The highest BCUT2D eigenvalue weighted by Crippen LogP contribution is 2.28. The molecule has 6 heteroatoms. The van der Waals surface area contributed by atoms with Crippen molar-refractivity contribution >= 4 is 29.0 Å². The third-order valence-corrected chi connectivity index (χ3v) is 6.88. The molecule has 0 saturated carbocycles. The minimum atomic E-state index is 0.130. The Morgan fingerprint density at radius 1 is 1.32 bits per heavy atom. The Balaban J connectivity index is 1.44. The van der Waals surface area contributed by atoms with Gasteiger partial charge in [0, 0.05) is 23.7 Å². The number of carbonyl (C=O) groups is 1. The minimum Gasteiger partial charge on any atom is -0.337 e. The molecule has 0 radical (unpaired) electrons. The number of nitriles is 1. The Morgan fingerprint density at radius 3 is 3.08 bits per heavy atom. The molecule has 0 unspecified atom stereocenters. The number of aryl methyl sites for hydroxylation is 2. The molecule has 0 spiro atoms. The summed E-state index contributed by atoms with van der Waals surface area (Å²) in [5.74, 6) is 0.477. The summed E-state index contributed by atoms with van der Waals surface area (Å²) in [4.78, 5) is 20.6. The van der Waals surface area contributed by atoms with E-state index in [1.54, 1.807) is 11.3 Å². The Bertz CT molecular complexity index is 853. The minimum absolute atomic E-state index is 0.130. The van der Waals surface area contributed by atoms with E-state index in [2.05, 4.69) is 17.5 Å². The molecule has 4 rings (SSSR count). The van der Waals surface area contributed by atoms with Crippen LogP contribution in [0.4, 0.5) is 0 Å². The van der Waals surface area contributed by atoms with Crippen molar-refractivity contribution in [3.05, 3.63) is 44.8 Å². The first-order valence-corrected chi connectivity index (χ1v) is 10.5. The van der Waals surface area contributed by atoms with Gasteiger partial charge in [0.05, 0.1) is 11.3 Å². The van der Waals surface area contributed by atoms with E-state index in [1.165, 1.54) is 34.2 Å². The summed E-state index contributed by atoms with van der Waals surface area (Å²) in [6.07, 6.45) is 5.27. The molecular weight excluding hydrogens is 350 g/mol. The van der Waals surface area contributed by atoms with Crippen molar-refractivity contribution < 1.29 is 4.79 Å². The fourth-order valence-electron chi connectivity index (χ4n) is 3.49. The maximum absolute atomic E-state index is 12.6. The summed E-state index contributed by atoms with van der Waals surface area (Å²) in [6, 6.07) is 6.35. The first kappa shape index (κ1) is 16.6. The number of carbonyl (C=O) groups excluding carboxylic acids is 1. The highest BCUT2D eigenvalue weighted by molar-refractivity contribution is 8.00. The predicted octanol–water partition coefficient (Wildman–Crippen LogP) is 3.57. The molecule has 0 atom stereocenters. The van der Waals surface area contributed by atoms with Gasteiger partial charge in [0.15, 0.2) is 0 Å². The summed E-state index contributed by atoms with van der Waals surface area (Å²) in [7, 11) is 0. The van der Waals surface area contributed by atoms with Crippen LogP contribution < -0.4 is 0 Å². The van der Waals surface area contributed by atoms with Gasteiger partial charge in [0.25, 0.3) is 0 Å². The zero-order valence-electron chi connectivity index (χ0n) is 14.0. The number of nitrogens with zero attached hydrogens (tertiary/aromatic N) is 3. The molecule has 2 aromatic rings. The van der Waals surface area contributed by atoms with E-state index in [4.69, 9.17) is 4.98 Å². The van der Waals surface area contributed by atoms with E-state index >= 15 is 0 Å². The lowest BCUT2D eigenvalue weighted by Gasteiger charge is -2.27. The van der Waals surface area contributed by atoms with Crippen molar-refractivity contribution in [2.45, 2.75) is 43.7 Å². The van der Waals surface area contributed by atoms with Gasteiger partial charge in [0.2, 0.25) is 5.91 Å². The molecule has 128 valence electrons. The summed E-state index contributed by atoms with van der Waals surface area (Å²) in [5.41, 5.74) is 4.21. The number of aromatic nitrogens is 1. The van der Waals surface area contributed by atoms with Crippen LogP contribution in [-0.2, 0) is 30.6 Å². The van der Waals surface area contributed by atoms with Crippen LogP contribution in [0.2, 0.25) is 0 Å². The molecule has 2 aromatic heterocycles. The third-order valence-electron chi connectivity index (χ3n) is 4.88. The first-order chi connectivity index (χ1) is 12.2. The molecule has 0 fully saturated rings. The van der Waals surface area contributed by atoms with Crippen LogP contribution in [0.15, 0.2) is 22.5 Å². The summed E-state index contributed by atoms with van der Waals surface area (Å²) >= 11 is 3.19. The van der Waals surface area contributed by atoms with Gasteiger partial charge < -0.3 is 4.90 Å². The Hall–Kier alpha value is -1.84. The molecule has 3 heterocycles. The largest absolute Gasteiger partial charge is 0.337 e. The summed E-state index contributed by atoms with van der Waals surface area (Å²) in [5, 5.41) is 12.2. The van der Waals surface area contributed by atoms with Crippen molar-refractivity contribution in [2.75, 3.05) is 12.3 Å². The van der Waals surface area contributed by atoms with E-state index in [0.29, 0.717) is 22.9 Å². The van der Waals surface area contributed by atoms with Gasteiger partial charge in [-0.25, -0.2) is 4.98 Å². The van der Waals surface area contributed by atoms with Gasteiger partial charge in [-0.15, -0.1) is 11.3 Å². The van der Waals surface area contributed by atoms with E-state index in [1.807, 2.05) is 11.0 Å². The van der Waals surface area contributed by atoms with Gasteiger partial charge in [-0.2, -0.15) is 5.26 Å². The topological polar surface area (TPSA) is 57.0 Å². The summed E-state index contributed by atoms with van der Waals surface area (Å²) in [6.45, 7) is 1.50. The molecule has 0 aromatic carbocycles. The number of hydrogen-bond donors (Lipinski definition) is 0. The second kappa shape index (κ2) is 7.19. The van der Waals surface area contributed by atoms with Gasteiger partial charge in [-0.3, -0.25) is 4.79 Å². The van der Waals surface area contributed by atoms with Crippen LogP contribution in [0.25, 0.3) is 0 Å². The molecule has 1 aliphatic carbocycles. The van der Waals surface area contributed by atoms with Crippen LogP contribution in [0.5, 0.6) is 0 Å². The van der Waals surface area contributed by atoms with Crippen LogP contribution >= 0.6 is 23.1 Å². The molecule has 4 nitrogen and oxygen atoms in total. The third kappa shape index (κ3) is 3.44. The molecule has 0 bridgehead atoms. The second-order valence-electron chi connectivity index (χ2n) is 6.49. The molecule has 2 aliphatic rings. The lowest BCUT2D eigenvalue weighted by molar-refractivity contribution is -0.129. The van der Waals surface area contributed by atoms with Crippen LogP contribution in [0, 0.1) is 11.3 Å². The van der Waals surface area contributed by atoms with Crippen molar-refractivity contribution in [1.82, 2.24) is 9.88 Å². The maximum Gasteiger partial charge on any atom is 0.233 e. The van der Waals surface area contributed by atoms with E-state index in [0.717, 1.165) is 37.9 Å². The fourth-order valence-corrected chi connectivity index (χ4v) is 5.25. The Labute approximate surface area is 155 Å². The lowest BCUT2D eigenvalue weighted by Crippen LogP contribution is -2.36. The number of amides is 1. The average molecular weight is 370 g/mol. The number of thiophene rings is 1. The van der Waals surface area contributed by atoms with Gasteiger partial charge in [-0.05, 0) is 60.7 Å². The summed E-state index contributed by atoms with van der Waals surface area (Å²) < 4.78 is 0. The van der Waals surface area contributed by atoms with E-state index in [9.17, 15) is 10.1 Å². The molecule has 0 N–H and O–H groups in total. The number of thioether (sulfide) groups is 1. The van der Waals surface area contributed by atoms with Crippen molar-refractivity contribution in [3.63, 3.8) is 0 Å². The number of fused-ring (bicyclic) bond motifs is 2. The SMILES string of the molecule is N#Cc1cc2c(nc1SCC(=O)N1CCc3sccc3C1)CCCC2. The number of rotatable bonds is 3.